The van der Waals surface area contributed by atoms with Crippen LogP contribution in [0.15, 0.2) is 29.4 Å². The lowest BCUT2D eigenvalue weighted by Gasteiger charge is -2.45. The third-order valence-electron chi connectivity index (χ3n) is 8.03. The van der Waals surface area contributed by atoms with Crippen molar-refractivity contribution in [3.8, 4) is 5.13 Å². The van der Waals surface area contributed by atoms with Gasteiger partial charge in [0.2, 0.25) is 21.1 Å². The standard InChI is InChI=1S/C27H32F2N8O3S2/c1-14(2)25(38)36-12-15(3)35(11-16(36)4)22-20-18-7-6-17(42(39,40)34-27(5)8-9-27)10-19(18)37(23(20)31-13-30-22)26-33-32-24(41-26)21(28)29/h6-7,10,13-16,21,34H,8-9,11-12H2,1-5H3. The lowest BCUT2D eigenvalue weighted by molar-refractivity contribution is -0.137. The second kappa shape index (κ2) is 10.2. The molecule has 0 spiro atoms. The Hall–Kier alpha value is -3.30. The van der Waals surface area contributed by atoms with Crippen molar-refractivity contribution in [1.29, 1.82) is 0 Å². The Bertz CT molecular complexity index is 1800. The lowest BCUT2D eigenvalue weighted by atomic mass is 10.0. The van der Waals surface area contributed by atoms with Crippen molar-refractivity contribution < 1.29 is 22.0 Å². The van der Waals surface area contributed by atoms with Gasteiger partial charge < -0.3 is 9.80 Å². The van der Waals surface area contributed by atoms with Crippen molar-refractivity contribution >= 4 is 55.0 Å². The monoisotopic (exact) mass is 618 g/mol. The van der Waals surface area contributed by atoms with Gasteiger partial charge in [0.05, 0.1) is 15.8 Å². The Kier molecular flexibility index (Phi) is 6.97. The number of benzene rings is 1. The first-order valence-electron chi connectivity index (χ1n) is 13.8. The second-order valence-corrected chi connectivity index (χ2v) is 14.5. The Morgan fingerprint density at radius 3 is 2.50 bits per heavy atom. The highest BCUT2D eigenvalue weighted by Gasteiger charge is 2.41. The van der Waals surface area contributed by atoms with Gasteiger partial charge in [-0.25, -0.2) is 31.9 Å². The molecule has 2 aliphatic rings. The molecule has 0 bridgehead atoms. The SMILES string of the molecule is CC(C)C(=O)N1CC(C)N(c2ncnc3c2c2ccc(S(=O)(=O)NC4(C)CC4)cc2n3-c2nnc(C(F)F)s2)CC1C. The van der Waals surface area contributed by atoms with Gasteiger partial charge in [-0.2, -0.15) is 0 Å². The largest absolute Gasteiger partial charge is 0.349 e. The van der Waals surface area contributed by atoms with Gasteiger partial charge in [0.1, 0.15) is 12.1 Å². The Labute approximate surface area is 246 Å². The van der Waals surface area contributed by atoms with Crippen LogP contribution in [0.4, 0.5) is 14.6 Å². The van der Waals surface area contributed by atoms with E-state index in [1.165, 1.54) is 18.5 Å². The summed E-state index contributed by atoms with van der Waals surface area (Å²) in [5.74, 6) is 0.576. The third kappa shape index (κ3) is 4.90. The molecular formula is C27H32F2N8O3S2. The van der Waals surface area contributed by atoms with Gasteiger partial charge in [0, 0.05) is 42.0 Å². The number of nitrogens with zero attached hydrogens (tertiary/aromatic N) is 7. The van der Waals surface area contributed by atoms with Gasteiger partial charge in [0.15, 0.2) is 10.7 Å². The van der Waals surface area contributed by atoms with E-state index in [1.807, 2.05) is 39.5 Å². The number of carbonyl (C=O) groups excluding carboxylic acids is 1. The van der Waals surface area contributed by atoms with Crippen LogP contribution in [0.3, 0.4) is 0 Å². The molecule has 42 heavy (non-hydrogen) atoms. The zero-order valence-corrected chi connectivity index (χ0v) is 25.5. The smallest absolute Gasteiger partial charge is 0.291 e. The summed E-state index contributed by atoms with van der Waals surface area (Å²) in [6.07, 6.45) is 0.0996. The van der Waals surface area contributed by atoms with Gasteiger partial charge in [-0.05, 0) is 45.7 Å². The quantitative estimate of drug-likeness (QED) is 0.326. The molecule has 224 valence electrons. The first-order valence-corrected chi connectivity index (χ1v) is 16.1. The maximum atomic E-state index is 13.5. The van der Waals surface area contributed by atoms with Crippen LogP contribution in [0, 0.1) is 5.92 Å². The average Bonchev–Trinajstić information content (AvgIpc) is 3.32. The fourth-order valence-electron chi connectivity index (χ4n) is 5.52. The average molecular weight is 619 g/mol. The summed E-state index contributed by atoms with van der Waals surface area (Å²) >= 11 is 0.718. The highest BCUT2D eigenvalue weighted by atomic mass is 32.2. The predicted molar refractivity (Wildman–Crippen MR) is 156 cm³/mol. The van der Waals surface area contributed by atoms with Crippen LogP contribution >= 0.6 is 11.3 Å². The molecule has 1 saturated heterocycles. The number of hydrogen-bond donors (Lipinski definition) is 1. The van der Waals surface area contributed by atoms with E-state index < -0.39 is 27.0 Å². The number of fused-ring (bicyclic) bond motifs is 3. The molecular weight excluding hydrogens is 586 g/mol. The highest BCUT2D eigenvalue weighted by Crippen LogP contribution is 2.40. The Morgan fingerprint density at radius 2 is 1.86 bits per heavy atom. The van der Waals surface area contributed by atoms with Crippen LogP contribution in [0.5, 0.6) is 0 Å². The van der Waals surface area contributed by atoms with Gasteiger partial charge >= 0.3 is 0 Å². The first-order chi connectivity index (χ1) is 19.8. The molecule has 1 amide bonds. The molecule has 1 aliphatic heterocycles. The van der Waals surface area contributed by atoms with Crippen LogP contribution in [0.1, 0.15) is 58.9 Å². The molecule has 4 aromatic rings. The van der Waals surface area contributed by atoms with Crippen molar-refractivity contribution in [2.24, 2.45) is 5.92 Å². The molecule has 1 N–H and O–H groups in total. The number of hydrogen-bond acceptors (Lipinski definition) is 9. The number of amides is 1. The fraction of sp³-hybridized carbons (Fsp3) is 0.519. The summed E-state index contributed by atoms with van der Waals surface area (Å²) < 4.78 is 58.0. The molecule has 1 aromatic carbocycles. The van der Waals surface area contributed by atoms with Gasteiger partial charge in [-0.3, -0.25) is 9.36 Å². The van der Waals surface area contributed by atoms with E-state index in [9.17, 15) is 22.0 Å². The van der Waals surface area contributed by atoms with Crippen LogP contribution < -0.4 is 9.62 Å². The number of carbonyl (C=O) groups is 1. The molecule has 1 saturated carbocycles. The summed E-state index contributed by atoms with van der Waals surface area (Å²) in [7, 11) is -3.86. The topological polar surface area (TPSA) is 126 Å². The number of piperazine rings is 1. The minimum absolute atomic E-state index is 0.0445. The van der Waals surface area contributed by atoms with E-state index in [0.29, 0.717) is 40.8 Å². The molecule has 11 nitrogen and oxygen atoms in total. The van der Waals surface area contributed by atoms with E-state index in [0.717, 1.165) is 24.2 Å². The van der Waals surface area contributed by atoms with Gasteiger partial charge in [-0.1, -0.05) is 31.3 Å². The normalized spacial score (nSPS) is 20.8. The van der Waals surface area contributed by atoms with Crippen LogP contribution in [0.25, 0.3) is 27.1 Å². The van der Waals surface area contributed by atoms with Crippen molar-refractivity contribution in [2.45, 2.75) is 76.4 Å². The van der Waals surface area contributed by atoms with E-state index in [1.54, 1.807) is 10.6 Å². The maximum Gasteiger partial charge on any atom is 0.291 e. The molecule has 4 heterocycles. The Balaban J connectivity index is 1.53. The second-order valence-electron chi connectivity index (χ2n) is 11.8. The molecule has 15 heteroatoms. The summed E-state index contributed by atoms with van der Waals surface area (Å²) in [6.45, 7) is 10.7. The zero-order chi connectivity index (χ0) is 30.1. The highest BCUT2D eigenvalue weighted by molar-refractivity contribution is 7.89. The Morgan fingerprint density at radius 1 is 1.12 bits per heavy atom. The molecule has 6 rings (SSSR count). The number of halogens is 2. The van der Waals surface area contributed by atoms with Gasteiger partial charge in [-0.15, -0.1) is 10.2 Å². The maximum absolute atomic E-state index is 13.5. The first kappa shape index (κ1) is 28.8. The molecule has 1 aliphatic carbocycles. The lowest BCUT2D eigenvalue weighted by Crippen LogP contribution is -2.59. The minimum atomic E-state index is -3.86. The van der Waals surface area contributed by atoms with E-state index in [2.05, 4.69) is 29.8 Å². The summed E-state index contributed by atoms with van der Waals surface area (Å²) in [4.78, 5) is 26.1. The molecule has 2 fully saturated rings. The predicted octanol–water partition coefficient (Wildman–Crippen LogP) is 4.28. The number of aromatic nitrogens is 5. The third-order valence-corrected chi connectivity index (χ3v) is 10.6. The molecule has 2 unspecified atom stereocenters. The summed E-state index contributed by atoms with van der Waals surface area (Å²) in [5.41, 5.74) is 0.349. The van der Waals surface area contributed by atoms with Crippen LogP contribution in [-0.4, -0.2) is 74.7 Å². The zero-order valence-electron chi connectivity index (χ0n) is 23.9. The van der Waals surface area contributed by atoms with Gasteiger partial charge in [0.25, 0.3) is 6.43 Å². The van der Waals surface area contributed by atoms with Crippen molar-refractivity contribution in [3.63, 3.8) is 0 Å². The van der Waals surface area contributed by atoms with Crippen LogP contribution in [0.2, 0.25) is 0 Å². The minimum Gasteiger partial charge on any atom is -0.349 e. The number of alkyl halides is 2. The number of rotatable bonds is 7. The summed E-state index contributed by atoms with van der Waals surface area (Å²) in [6, 6.07) is 4.58. The molecule has 2 atom stereocenters. The molecule has 0 radical (unpaired) electrons. The number of sulfonamides is 1. The number of anilines is 1. The summed E-state index contributed by atoms with van der Waals surface area (Å²) in [5, 5.41) is 8.66. The van der Waals surface area contributed by atoms with Crippen molar-refractivity contribution in [3.05, 3.63) is 29.5 Å². The molecule has 3 aromatic heterocycles. The number of nitrogens with one attached hydrogen (secondary N) is 1. The van der Waals surface area contributed by atoms with E-state index >= 15 is 0 Å². The van der Waals surface area contributed by atoms with Crippen LogP contribution in [-0.2, 0) is 14.8 Å². The fourth-order valence-corrected chi connectivity index (χ4v) is 7.72. The van der Waals surface area contributed by atoms with Crippen molar-refractivity contribution in [1.82, 2.24) is 34.4 Å². The van der Waals surface area contributed by atoms with E-state index in [4.69, 9.17) is 0 Å². The van der Waals surface area contributed by atoms with E-state index in [-0.39, 0.29) is 33.9 Å². The van der Waals surface area contributed by atoms with Crippen molar-refractivity contribution in [2.75, 3.05) is 18.0 Å².